The molecule has 0 aromatic heterocycles. The van der Waals surface area contributed by atoms with Crippen molar-refractivity contribution in [2.45, 2.75) is 57.1 Å². The van der Waals surface area contributed by atoms with Gasteiger partial charge >= 0.3 is 18.4 Å². The minimum Gasteiger partial charge on any atom is -0.444 e. The van der Waals surface area contributed by atoms with Crippen LogP contribution in [0.1, 0.15) is 60.2 Å². The number of rotatable bonds is 3. The van der Waals surface area contributed by atoms with E-state index in [9.17, 15) is 35.9 Å². The Morgan fingerprint density at radius 3 is 1.97 bits per heavy atom. The molecule has 1 heterocycles. The van der Waals surface area contributed by atoms with Crippen molar-refractivity contribution in [2.24, 2.45) is 0 Å². The minimum absolute atomic E-state index is 0.0249. The van der Waals surface area contributed by atoms with Gasteiger partial charge in [-0.15, -0.1) is 0 Å². The zero-order chi connectivity index (χ0) is 26.9. The number of amides is 2. The second-order valence-electron chi connectivity index (χ2n) is 9.61. The van der Waals surface area contributed by atoms with Crippen molar-refractivity contribution in [3.05, 3.63) is 70.8 Å². The van der Waals surface area contributed by atoms with E-state index in [2.05, 4.69) is 5.32 Å². The van der Waals surface area contributed by atoms with Crippen LogP contribution >= 0.6 is 0 Å². The first kappa shape index (κ1) is 27.3. The number of alkyl halides is 6. The van der Waals surface area contributed by atoms with Crippen molar-refractivity contribution in [1.29, 1.82) is 0 Å². The molecule has 0 spiro atoms. The fraction of sp³-hybridized carbons (Fsp3) is 0.440. The van der Waals surface area contributed by atoms with E-state index in [1.54, 1.807) is 51.1 Å². The van der Waals surface area contributed by atoms with Gasteiger partial charge in [0.1, 0.15) is 5.60 Å². The minimum atomic E-state index is -5.07. The highest BCUT2D eigenvalue weighted by atomic mass is 19.4. The van der Waals surface area contributed by atoms with E-state index < -0.39 is 58.6 Å². The molecule has 0 aliphatic carbocycles. The van der Waals surface area contributed by atoms with Crippen LogP contribution in [0.15, 0.2) is 48.5 Å². The number of ether oxygens (including phenoxy) is 1. The van der Waals surface area contributed by atoms with Gasteiger partial charge in [0.15, 0.2) is 0 Å². The molecule has 11 heteroatoms. The highest BCUT2D eigenvalue weighted by Crippen LogP contribution is 2.36. The quantitative estimate of drug-likeness (QED) is 0.491. The van der Waals surface area contributed by atoms with Crippen molar-refractivity contribution >= 4 is 12.0 Å². The highest BCUT2D eigenvalue weighted by Gasteiger charge is 2.39. The molecule has 0 radical (unpaired) electrons. The van der Waals surface area contributed by atoms with Crippen LogP contribution in [0.5, 0.6) is 0 Å². The van der Waals surface area contributed by atoms with Gasteiger partial charge in [-0.1, -0.05) is 30.3 Å². The molecule has 3 rings (SSSR count). The SMILES string of the molecule is CC(C)(C)OC(=O)N1CC[C@@H](NC(=O)c2cc(C(F)(F)F)cc(C(F)(F)F)c2)C(c2ccccc2)C1. The van der Waals surface area contributed by atoms with Gasteiger partial charge < -0.3 is 15.0 Å². The van der Waals surface area contributed by atoms with E-state index in [1.807, 2.05) is 0 Å². The van der Waals surface area contributed by atoms with E-state index >= 15 is 0 Å². The van der Waals surface area contributed by atoms with Gasteiger partial charge in [0.2, 0.25) is 0 Å². The summed E-state index contributed by atoms with van der Waals surface area (Å²) in [6.45, 7) is 5.48. The molecule has 5 nitrogen and oxygen atoms in total. The molecule has 1 unspecified atom stereocenters. The summed E-state index contributed by atoms with van der Waals surface area (Å²) < 4.78 is 84.8. The summed E-state index contributed by atoms with van der Waals surface area (Å²) in [4.78, 5) is 27.0. The third-order valence-corrected chi connectivity index (χ3v) is 5.66. The van der Waals surface area contributed by atoms with Gasteiger partial charge in [0, 0.05) is 30.6 Å². The Morgan fingerprint density at radius 1 is 0.917 bits per heavy atom. The molecule has 2 amide bonds. The maximum atomic E-state index is 13.2. The van der Waals surface area contributed by atoms with Crippen LogP contribution in [0.25, 0.3) is 0 Å². The van der Waals surface area contributed by atoms with Gasteiger partial charge in [-0.3, -0.25) is 4.79 Å². The number of halogens is 6. The fourth-order valence-electron chi connectivity index (χ4n) is 3.99. The standard InChI is InChI=1S/C25H26F6N2O3/c1-23(2,3)36-22(35)33-10-9-20(19(14-33)15-7-5-4-6-8-15)32-21(34)16-11-17(24(26,27)28)13-18(12-16)25(29,30)31/h4-8,11-13,19-20H,9-10,14H2,1-3H3,(H,32,34)/t19?,20-/m1/s1. The predicted molar refractivity (Wildman–Crippen MR) is 119 cm³/mol. The molecule has 36 heavy (non-hydrogen) atoms. The van der Waals surface area contributed by atoms with E-state index in [0.717, 1.165) is 5.56 Å². The lowest BCUT2D eigenvalue weighted by atomic mass is 9.86. The molecule has 2 aromatic carbocycles. The van der Waals surface area contributed by atoms with Crippen LogP contribution in [-0.2, 0) is 17.1 Å². The van der Waals surface area contributed by atoms with Crippen molar-refractivity contribution in [3.8, 4) is 0 Å². The Balaban J connectivity index is 1.89. The molecule has 196 valence electrons. The van der Waals surface area contributed by atoms with Crippen LogP contribution in [0.3, 0.4) is 0 Å². The molecule has 2 aromatic rings. The highest BCUT2D eigenvalue weighted by molar-refractivity contribution is 5.95. The molecule has 1 saturated heterocycles. The molecular formula is C25H26F6N2O3. The first-order valence-corrected chi connectivity index (χ1v) is 11.2. The van der Waals surface area contributed by atoms with Gasteiger partial charge in [-0.05, 0) is 51.0 Å². The van der Waals surface area contributed by atoms with Gasteiger partial charge in [-0.25, -0.2) is 4.79 Å². The second-order valence-corrected chi connectivity index (χ2v) is 9.61. The summed E-state index contributed by atoms with van der Waals surface area (Å²) in [5.74, 6) is -1.53. The number of likely N-dealkylation sites (tertiary alicyclic amines) is 1. The molecule has 1 aliphatic rings. The van der Waals surface area contributed by atoms with Crippen LogP contribution < -0.4 is 5.32 Å². The molecule has 1 fully saturated rings. The molecule has 0 saturated carbocycles. The first-order chi connectivity index (χ1) is 16.5. The Morgan fingerprint density at radius 2 is 1.47 bits per heavy atom. The molecule has 1 N–H and O–H groups in total. The average molecular weight is 516 g/mol. The first-order valence-electron chi connectivity index (χ1n) is 11.2. The number of piperidine rings is 1. The van der Waals surface area contributed by atoms with E-state index in [4.69, 9.17) is 4.74 Å². The zero-order valence-electron chi connectivity index (χ0n) is 19.8. The maximum Gasteiger partial charge on any atom is 0.416 e. The number of benzene rings is 2. The topological polar surface area (TPSA) is 58.6 Å². The lowest BCUT2D eigenvalue weighted by molar-refractivity contribution is -0.143. The number of hydrogen-bond donors (Lipinski definition) is 1. The van der Waals surface area contributed by atoms with Gasteiger partial charge in [-0.2, -0.15) is 26.3 Å². The summed E-state index contributed by atoms with van der Waals surface area (Å²) in [6.07, 6.45) is -10.5. The van der Waals surface area contributed by atoms with Crippen LogP contribution in [-0.4, -0.2) is 41.6 Å². The smallest absolute Gasteiger partial charge is 0.416 e. The monoisotopic (exact) mass is 516 g/mol. The number of hydrogen-bond acceptors (Lipinski definition) is 3. The van der Waals surface area contributed by atoms with Gasteiger partial charge in [0.25, 0.3) is 5.91 Å². The number of carbonyl (C=O) groups is 2. The molecule has 1 aliphatic heterocycles. The summed E-state index contributed by atoms with van der Waals surface area (Å²) in [5.41, 5.74) is -3.87. The second kappa shape index (κ2) is 10.0. The van der Waals surface area contributed by atoms with E-state index in [-0.39, 0.29) is 25.6 Å². The zero-order valence-corrected chi connectivity index (χ0v) is 19.8. The van der Waals surface area contributed by atoms with Crippen LogP contribution in [0, 0.1) is 0 Å². The fourth-order valence-corrected chi connectivity index (χ4v) is 3.99. The predicted octanol–water partition coefficient (Wildman–Crippen LogP) is 6.25. The summed E-state index contributed by atoms with van der Waals surface area (Å²) in [7, 11) is 0. The average Bonchev–Trinajstić information content (AvgIpc) is 2.77. The van der Waals surface area contributed by atoms with Crippen molar-refractivity contribution in [1.82, 2.24) is 10.2 Å². The Kier molecular flexibility index (Phi) is 7.61. The normalized spacial score (nSPS) is 19.1. The van der Waals surface area contributed by atoms with Crippen LogP contribution in [0.2, 0.25) is 0 Å². The Bertz CT molecular complexity index is 1060. The van der Waals surface area contributed by atoms with Crippen molar-refractivity contribution in [3.63, 3.8) is 0 Å². The lowest BCUT2D eigenvalue weighted by Gasteiger charge is -2.39. The number of nitrogens with one attached hydrogen (secondary N) is 1. The Labute approximate surface area is 204 Å². The van der Waals surface area contributed by atoms with Crippen LogP contribution in [0.4, 0.5) is 31.1 Å². The van der Waals surface area contributed by atoms with Crippen molar-refractivity contribution in [2.75, 3.05) is 13.1 Å². The maximum absolute atomic E-state index is 13.2. The Hall–Kier alpha value is -3.24. The molecule has 0 bridgehead atoms. The summed E-state index contributed by atoms with van der Waals surface area (Å²) in [6, 6.07) is 8.95. The van der Waals surface area contributed by atoms with E-state index in [0.29, 0.717) is 12.1 Å². The third-order valence-electron chi connectivity index (χ3n) is 5.66. The molecular weight excluding hydrogens is 490 g/mol. The lowest BCUT2D eigenvalue weighted by Crippen LogP contribution is -2.52. The van der Waals surface area contributed by atoms with Gasteiger partial charge in [0.05, 0.1) is 11.1 Å². The summed E-state index contributed by atoms with van der Waals surface area (Å²) >= 11 is 0. The third kappa shape index (κ3) is 6.92. The van der Waals surface area contributed by atoms with Crippen molar-refractivity contribution < 1.29 is 40.7 Å². The number of nitrogens with zero attached hydrogens (tertiary/aromatic N) is 1. The molecule has 2 atom stereocenters. The van der Waals surface area contributed by atoms with E-state index in [1.165, 1.54) is 4.90 Å². The number of carbonyl (C=O) groups excluding carboxylic acids is 2. The summed E-state index contributed by atoms with van der Waals surface area (Å²) in [5, 5.41) is 2.60. The largest absolute Gasteiger partial charge is 0.444 e.